The Bertz CT molecular complexity index is 635. The van der Waals surface area contributed by atoms with E-state index in [-0.39, 0.29) is 17.2 Å². The zero-order valence-corrected chi connectivity index (χ0v) is 12.3. The van der Waals surface area contributed by atoms with Crippen molar-refractivity contribution < 1.29 is 9.13 Å². The third-order valence-corrected chi connectivity index (χ3v) is 3.34. The highest BCUT2D eigenvalue weighted by Gasteiger charge is 2.11. The average molecular weight is 289 g/mol. The van der Waals surface area contributed by atoms with Gasteiger partial charge in [0, 0.05) is 11.1 Å². The van der Waals surface area contributed by atoms with Crippen molar-refractivity contribution in [3.05, 3.63) is 64.5 Å². The van der Waals surface area contributed by atoms with Crippen LogP contribution in [-0.4, -0.2) is 4.99 Å². The summed E-state index contributed by atoms with van der Waals surface area (Å²) in [5, 5.41) is 0. The van der Waals surface area contributed by atoms with Gasteiger partial charge in [-0.15, -0.1) is 0 Å². The molecule has 2 N–H and O–H groups in total. The molecule has 4 heteroatoms. The van der Waals surface area contributed by atoms with Crippen LogP contribution in [0.15, 0.2) is 36.4 Å². The molecule has 0 unspecified atom stereocenters. The Hall–Kier alpha value is -1.94. The van der Waals surface area contributed by atoms with E-state index in [1.165, 1.54) is 0 Å². The summed E-state index contributed by atoms with van der Waals surface area (Å²) in [7, 11) is 0. The maximum atomic E-state index is 14.2. The van der Waals surface area contributed by atoms with Crippen LogP contribution in [0.5, 0.6) is 5.75 Å². The Morgan fingerprint density at radius 3 is 2.35 bits per heavy atom. The van der Waals surface area contributed by atoms with E-state index in [0.29, 0.717) is 5.56 Å². The van der Waals surface area contributed by atoms with Gasteiger partial charge in [-0.25, -0.2) is 4.39 Å². The van der Waals surface area contributed by atoms with E-state index in [1.807, 2.05) is 32.0 Å². The molecule has 0 saturated carbocycles. The van der Waals surface area contributed by atoms with E-state index in [1.54, 1.807) is 18.2 Å². The summed E-state index contributed by atoms with van der Waals surface area (Å²) < 4.78 is 19.9. The second kappa shape index (κ2) is 6.01. The molecule has 104 valence electrons. The first-order valence-corrected chi connectivity index (χ1v) is 6.67. The van der Waals surface area contributed by atoms with Crippen LogP contribution in [-0.2, 0) is 6.61 Å². The van der Waals surface area contributed by atoms with Gasteiger partial charge in [-0.1, -0.05) is 42.5 Å². The molecule has 0 aliphatic carbocycles. The van der Waals surface area contributed by atoms with Gasteiger partial charge in [0.2, 0.25) is 0 Å². The number of aryl methyl sites for hydroxylation is 2. The van der Waals surface area contributed by atoms with Crippen molar-refractivity contribution in [3.63, 3.8) is 0 Å². The fraction of sp³-hybridized carbons (Fsp3) is 0.188. The van der Waals surface area contributed by atoms with Crippen molar-refractivity contribution in [2.24, 2.45) is 5.73 Å². The molecule has 0 heterocycles. The molecular formula is C16H16FNOS. The van der Waals surface area contributed by atoms with Crippen LogP contribution in [0.3, 0.4) is 0 Å². The van der Waals surface area contributed by atoms with Gasteiger partial charge in [-0.05, 0) is 31.0 Å². The summed E-state index contributed by atoms with van der Waals surface area (Å²) in [5.74, 6) is 0.374. The lowest BCUT2D eigenvalue weighted by Gasteiger charge is -2.13. The summed E-state index contributed by atoms with van der Waals surface area (Å²) in [5.41, 5.74) is 8.23. The SMILES string of the molecule is Cc1cccc(C)c1OCc1cccc(C(N)=S)c1F. The number of rotatable bonds is 4. The standard InChI is InChI=1S/C16H16FNOS/c1-10-5-3-6-11(2)15(10)19-9-12-7-4-8-13(14(12)17)16(18)20/h3-8H,9H2,1-2H3,(H2,18,20). The second-order valence-corrected chi connectivity index (χ2v) is 5.09. The first kappa shape index (κ1) is 14.5. The highest BCUT2D eigenvalue weighted by atomic mass is 32.1. The third-order valence-electron chi connectivity index (χ3n) is 3.12. The van der Waals surface area contributed by atoms with Crippen LogP contribution >= 0.6 is 12.2 Å². The van der Waals surface area contributed by atoms with Crippen LogP contribution in [0.2, 0.25) is 0 Å². The molecule has 2 rings (SSSR count). The lowest BCUT2D eigenvalue weighted by Crippen LogP contribution is -2.13. The summed E-state index contributed by atoms with van der Waals surface area (Å²) >= 11 is 4.83. The van der Waals surface area contributed by atoms with E-state index >= 15 is 0 Å². The predicted octanol–water partition coefficient (Wildman–Crippen LogP) is 3.66. The van der Waals surface area contributed by atoms with E-state index in [9.17, 15) is 4.39 Å². The number of thiocarbonyl (C=S) groups is 1. The minimum absolute atomic E-state index is 0.0522. The molecule has 2 aromatic carbocycles. The maximum absolute atomic E-state index is 14.2. The number of benzene rings is 2. The van der Waals surface area contributed by atoms with Crippen molar-refractivity contribution in [1.29, 1.82) is 0 Å². The summed E-state index contributed by atoms with van der Waals surface area (Å²) in [4.78, 5) is 0.0522. The van der Waals surface area contributed by atoms with Crippen molar-refractivity contribution in [2.75, 3.05) is 0 Å². The molecular weight excluding hydrogens is 273 g/mol. The van der Waals surface area contributed by atoms with Crippen LogP contribution < -0.4 is 10.5 Å². The van der Waals surface area contributed by atoms with Gasteiger partial charge < -0.3 is 10.5 Å². The Morgan fingerprint density at radius 2 is 1.75 bits per heavy atom. The van der Waals surface area contributed by atoms with Gasteiger partial charge in [0.1, 0.15) is 23.2 Å². The molecule has 0 fully saturated rings. The number of hydrogen-bond donors (Lipinski definition) is 1. The first-order chi connectivity index (χ1) is 9.50. The molecule has 0 aliphatic heterocycles. The second-order valence-electron chi connectivity index (χ2n) is 4.65. The fourth-order valence-electron chi connectivity index (χ4n) is 2.06. The van der Waals surface area contributed by atoms with Crippen LogP contribution in [0.1, 0.15) is 22.3 Å². The summed E-state index contributed by atoms with van der Waals surface area (Å²) in [6, 6.07) is 10.9. The van der Waals surface area contributed by atoms with Gasteiger partial charge in [-0.3, -0.25) is 0 Å². The van der Waals surface area contributed by atoms with Crippen LogP contribution in [0.25, 0.3) is 0 Å². The van der Waals surface area contributed by atoms with Crippen LogP contribution in [0.4, 0.5) is 4.39 Å². The molecule has 2 nitrogen and oxygen atoms in total. The summed E-state index contributed by atoms with van der Waals surface area (Å²) in [6.45, 7) is 4.07. The van der Waals surface area contributed by atoms with Crippen molar-refractivity contribution in [1.82, 2.24) is 0 Å². The summed E-state index contributed by atoms with van der Waals surface area (Å²) in [6.07, 6.45) is 0. The number of para-hydroxylation sites is 1. The van der Waals surface area contributed by atoms with E-state index < -0.39 is 5.82 Å². The Kier molecular flexibility index (Phi) is 4.35. The molecule has 0 bridgehead atoms. The largest absolute Gasteiger partial charge is 0.488 e. The Morgan fingerprint density at radius 1 is 1.15 bits per heavy atom. The quantitative estimate of drug-likeness (QED) is 0.873. The van der Waals surface area contributed by atoms with Gasteiger partial charge in [0.15, 0.2) is 0 Å². The third kappa shape index (κ3) is 2.96. The monoisotopic (exact) mass is 289 g/mol. The topological polar surface area (TPSA) is 35.2 Å². The molecule has 0 radical (unpaired) electrons. The first-order valence-electron chi connectivity index (χ1n) is 6.27. The maximum Gasteiger partial charge on any atom is 0.139 e. The number of ether oxygens (including phenoxy) is 1. The molecule has 0 atom stereocenters. The minimum Gasteiger partial charge on any atom is -0.488 e. The lowest BCUT2D eigenvalue weighted by molar-refractivity contribution is 0.295. The number of hydrogen-bond acceptors (Lipinski definition) is 2. The molecule has 20 heavy (non-hydrogen) atoms. The zero-order valence-electron chi connectivity index (χ0n) is 11.4. The Labute approximate surface area is 123 Å². The smallest absolute Gasteiger partial charge is 0.139 e. The van der Waals surface area contributed by atoms with Crippen LogP contribution in [0, 0.1) is 19.7 Å². The normalized spacial score (nSPS) is 10.3. The van der Waals surface area contributed by atoms with Crippen molar-refractivity contribution in [3.8, 4) is 5.75 Å². The molecule has 0 spiro atoms. The van der Waals surface area contributed by atoms with Gasteiger partial charge in [-0.2, -0.15) is 0 Å². The minimum atomic E-state index is -0.411. The van der Waals surface area contributed by atoms with E-state index in [2.05, 4.69) is 0 Å². The van der Waals surface area contributed by atoms with Gasteiger partial charge in [0.05, 0.1) is 0 Å². The molecule has 0 amide bonds. The molecule has 0 aromatic heterocycles. The van der Waals surface area contributed by atoms with E-state index in [4.69, 9.17) is 22.7 Å². The van der Waals surface area contributed by atoms with Crippen molar-refractivity contribution in [2.45, 2.75) is 20.5 Å². The predicted molar refractivity (Wildman–Crippen MR) is 82.5 cm³/mol. The number of nitrogens with two attached hydrogens (primary N) is 1. The Balaban J connectivity index is 2.24. The van der Waals surface area contributed by atoms with Gasteiger partial charge in [0.25, 0.3) is 0 Å². The van der Waals surface area contributed by atoms with Gasteiger partial charge >= 0.3 is 0 Å². The van der Waals surface area contributed by atoms with Crippen molar-refractivity contribution >= 4 is 17.2 Å². The zero-order chi connectivity index (χ0) is 14.7. The molecule has 2 aromatic rings. The molecule has 0 saturated heterocycles. The lowest BCUT2D eigenvalue weighted by atomic mass is 10.1. The molecule has 0 aliphatic rings. The van der Waals surface area contributed by atoms with E-state index in [0.717, 1.165) is 16.9 Å². The number of halogens is 1. The average Bonchev–Trinajstić information content (AvgIpc) is 2.39. The fourth-order valence-corrected chi connectivity index (χ4v) is 2.22. The highest BCUT2D eigenvalue weighted by molar-refractivity contribution is 7.80. The highest BCUT2D eigenvalue weighted by Crippen LogP contribution is 2.24.